The number of rotatable bonds is 5. The molecule has 2 aliphatic rings. The number of nitrogen functional groups attached to an aromatic ring is 1. The van der Waals surface area contributed by atoms with Gasteiger partial charge in [-0.25, -0.2) is 14.4 Å². The van der Waals surface area contributed by atoms with Crippen LogP contribution in [0.4, 0.5) is 39.3 Å². The summed E-state index contributed by atoms with van der Waals surface area (Å²) in [5.74, 6) is -4.21. The first-order valence-corrected chi connectivity index (χ1v) is 11.2. The van der Waals surface area contributed by atoms with Crippen LogP contribution in [0.3, 0.4) is 0 Å². The SMILES string of the molecule is NC(=O)[C@H]1CCN(c2ncnc(N)c2F)CC1N1CCCC(Nc2cc(F)cc(C(F)(F)F)c2)C1=O. The lowest BCUT2D eigenvalue weighted by molar-refractivity contribution is -0.140. The third-order valence-electron chi connectivity index (χ3n) is 6.48. The number of nitrogens with one attached hydrogen (secondary N) is 1. The molecule has 2 aromatic rings. The second-order valence-corrected chi connectivity index (χ2v) is 8.80. The van der Waals surface area contributed by atoms with Gasteiger partial charge in [-0.1, -0.05) is 0 Å². The van der Waals surface area contributed by atoms with Crippen molar-refractivity contribution in [3.63, 3.8) is 0 Å². The van der Waals surface area contributed by atoms with Gasteiger partial charge in [0.05, 0.1) is 17.5 Å². The number of nitrogens with zero attached hydrogens (tertiary/aromatic N) is 4. The molecule has 0 saturated carbocycles. The number of aromatic nitrogens is 2. The van der Waals surface area contributed by atoms with E-state index in [2.05, 4.69) is 15.3 Å². The number of likely N-dealkylation sites (tertiary alicyclic amines) is 1. The molecule has 5 N–H and O–H groups in total. The number of amides is 2. The summed E-state index contributed by atoms with van der Waals surface area (Å²) in [4.78, 5) is 36.1. The number of hydrogen-bond donors (Lipinski definition) is 3. The maximum atomic E-state index is 14.6. The topological polar surface area (TPSA) is 130 Å². The summed E-state index contributed by atoms with van der Waals surface area (Å²) >= 11 is 0. The lowest BCUT2D eigenvalue weighted by atomic mass is 9.87. The maximum Gasteiger partial charge on any atom is 0.416 e. The predicted molar refractivity (Wildman–Crippen MR) is 119 cm³/mol. The minimum Gasteiger partial charge on any atom is -0.381 e. The summed E-state index contributed by atoms with van der Waals surface area (Å²) in [5, 5.41) is 2.70. The summed E-state index contributed by atoms with van der Waals surface area (Å²) in [6.07, 6.45) is -2.71. The van der Waals surface area contributed by atoms with E-state index in [1.807, 2.05) is 0 Å². The molecule has 2 amide bonds. The van der Waals surface area contributed by atoms with Gasteiger partial charge in [-0.3, -0.25) is 9.59 Å². The van der Waals surface area contributed by atoms with E-state index in [9.17, 15) is 31.5 Å². The highest BCUT2D eigenvalue weighted by molar-refractivity contribution is 5.87. The third kappa shape index (κ3) is 5.11. The molecule has 2 unspecified atom stereocenters. The Balaban J connectivity index is 1.57. The highest BCUT2D eigenvalue weighted by Gasteiger charge is 2.43. The molecule has 1 aromatic carbocycles. The number of halogens is 5. The summed E-state index contributed by atoms with van der Waals surface area (Å²) in [6, 6.07) is 0.261. The van der Waals surface area contributed by atoms with Gasteiger partial charge in [-0.2, -0.15) is 17.6 Å². The molecule has 194 valence electrons. The van der Waals surface area contributed by atoms with E-state index < -0.39 is 53.2 Å². The van der Waals surface area contributed by atoms with Crippen molar-refractivity contribution in [1.29, 1.82) is 0 Å². The van der Waals surface area contributed by atoms with E-state index >= 15 is 0 Å². The monoisotopic (exact) mass is 513 g/mol. The lowest BCUT2D eigenvalue weighted by Crippen LogP contribution is -2.61. The van der Waals surface area contributed by atoms with Crippen molar-refractivity contribution in [3.05, 3.63) is 41.7 Å². The first kappa shape index (κ1) is 25.4. The number of hydrogen-bond acceptors (Lipinski definition) is 7. The van der Waals surface area contributed by atoms with E-state index in [-0.39, 0.29) is 49.8 Å². The van der Waals surface area contributed by atoms with Crippen LogP contribution in [0.5, 0.6) is 0 Å². The van der Waals surface area contributed by atoms with Crippen molar-refractivity contribution in [1.82, 2.24) is 14.9 Å². The van der Waals surface area contributed by atoms with Crippen LogP contribution in [0, 0.1) is 17.6 Å². The maximum absolute atomic E-state index is 14.6. The number of piperidine rings is 2. The summed E-state index contributed by atoms with van der Waals surface area (Å²) in [7, 11) is 0. The van der Waals surface area contributed by atoms with E-state index in [4.69, 9.17) is 11.5 Å². The Morgan fingerprint density at radius 1 is 1.11 bits per heavy atom. The van der Waals surface area contributed by atoms with Crippen LogP contribution in [0.1, 0.15) is 24.8 Å². The minimum atomic E-state index is -4.76. The van der Waals surface area contributed by atoms with Crippen molar-refractivity contribution >= 4 is 29.1 Å². The zero-order valence-corrected chi connectivity index (χ0v) is 18.9. The molecule has 14 heteroatoms. The van der Waals surface area contributed by atoms with E-state index in [1.54, 1.807) is 4.90 Å². The Bertz CT molecular complexity index is 1160. The molecule has 3 heterocycles. The van der Waals surface area contributed by atoms with Gasteiger partial charge in [0.25, 0.3) is 0 Å². The molecule has 0 bridgehead atoms. The van der Waals surface area contributed by atoms with Crippen LogP contribution < -0.4 is 21.7 Å². The van der Waals surface area contributed by atoms with Gasteiger partial charge in [-0.05, 0) is 37.5 Å². The van der Waals surface area contributed by atoms with E-state index in [0.29, 0.717) is 12.5 Å². The summed E-state index contributed by atoms with van der Waals surface area (Å²) < 4.78 is 67.7. The normalized spacial score (nSPS) is 23.0. The number of anilines is 3. The molecular weight excluding hydrogens is 489 g/mol. The minimum absolute atomic E-state index is 0.0254. The first-order valence-electron chi connectivity index (χ1n) is 11.2. The highest BCUT2D eigenvalue weighted by atomic mass is 19.4. The molecular formula is C22H24F5N7O2. The summed E-state index contributed by atoms with van der Waals surface area (Å²) in [6.45, 7) is 0.507. The van der Waals surface area contributed by atoms with Crippen LogP contribution in [-0.4, -0.2) is 58.4 Å². The lowest BCUT2D eigenvalue weighted by Gasteiger charge is -2.46. The zero-order chi connectivity index (χ0) is 26.2. The van der Waals surface area contributed by atoms with Crippen molar-refractivity contribution in [2.75, 3.05) is 35.6 Å². The zero-order valence-electron chi connectivity index (χ0n) is 18.9. The van der Waals surface area contributed by atoms with Crippen molar-refractivity contribution in [2.45, 2.75) is 37.5 Å². The number of benzene rings is 1. The smallest absolute Gasteiger partial charge is 0.381 e. The van der Waals surface area contributed by atoms with Crippen molar-refractivity contribution in [2.24, 2.45) is 11.7 Å². The molecule has 2 aliphatic heterocycles. The fourth-order valence-electron chi connectivity index (χ4n) is 4.77. The van der Waals surface area contributed by atoms with Gasteiger partial charge in [0.1, 0.15) is 18.2 Å². The molecule has 0 aliphatic carbocycles. The third-order valence-corrected chi connectivity index (χ3v) is 6.48. The Kier molecular flexibility index (Phi) is 6.87. The van der Waals surface area contributed by atoms with Crippen LogP contribution in [-0.2, 0) is 15.8 Å². The Labute approximate surface area is 202 Å². The number of carbonyl (C=O) groups excluding carboxylic acids is 2. The number of primary amides is 1. The van der Waals surface area contributed by atoms with E-state index in [0.717, 1.165) is 18.5 Å². The number of nitrogens with two attached hydrogens (primary N) is 2. The predicted octanol–water partition coefficient (Wildman–Crippen LogP) is 2.14. The standard InChI is InChI=1S/C22H24F5N7O2/c23-12-6-11(22(25,26)27)7-13(8-12)32-15-2-1-4-34(21(15)36)16-9-33(5-3-14(16)19(29)35)20-17(24)18(28)30-10-31-20/h6-8,10,14-16,32H,1-5,9H2,(H2,29,35)(H2,28,30,31)/t14-,15?,16?/m0/s1. The number of alkyl halides is 3. The largest absolute Gasteiger partial charge is 0.416 e. The van der Waals surface area contributed by atoms with Gasteiger partial charge in [-0.15, -0.1) is 0 Å². The second kappa shape index (κ2) is 9.74. The molecule has 4 rings (SSSR count). The molecule has 0 spiro atoms. The highest BCUT2D eigenvalue weighted by Crippen LogP contribution is 2.33. The average molecular weight is 513 g/mol. The van der Waals surface area contributed by atoms with Crippen LogP contribution >= 0.6 is 0 Å². The number of carbonyl (C=O) groups is 2. The molecule has 2 saturated heterocycles. The second-order valence-electron chi connectivity index (χ2n) is 8.80. The van der Waals surface area contributed by atoms with Gasteiger partial charge in [0.15, 0.2) is 11.6 Å². The van der Waals surface area contributed by atoms with E-state index in [1.165, 1.54) is 4.90 Å². The fourth-order valence-corrected chi connectivity index (χ4v) is 4.77. The van der Waals surface area contributed by atoms with Gasteiger partial charge < -0.3 is 26.6 Å². The van der Waals surface area contributed by atoms with Gasteiger partial charge in [0, 0.05) is 25.3 Å². The Hall–Kier alpha value is -3.71. The molecule has 36 heavy (non-hydrogen) atoms. The molecule has 2 fully saturated rings. The summed E-state index contributed by atoms with van der Waals surface area (Å²) in [5.41, 5.74) is 9.76. The van der Waals surface area contributed by atoms with Crippen molar-refractivity contribution < 1.29 is 31.5 Å². The molecule has 9 nitrogen and oxygen atoms in total. The fraction of sp³-hybridized carbons (Fsp3) is 0.455. The van der Waals surface area contributed by atoms with Crippen LogP contribution in [0.25, 0.3) is 0 Å². The molecule has 0 radical (unpaired) electrons. The Morgan fingerprint density at radius 2 is 1.86 bits per heavy atom. The first-order chi connectivity index (χ1) is 17.0. The van der Waals surface area contributed by atoms with Crippen LogP contribution in [0.2, 0.25) is 0 Å². The van der Waals surface area contributed by atoms with Crippen molar-refractivity contribution in [3.8, 4) is 0 Å². The van der Waals surface area contributed by atoms with Gasteiger partial charge >= 0.3 is 6.18 Å². The quantitative estimate of drug-likeness (QED) is 0.523. The molecule has 3 atom stereocenters. The van der Waals surface area contributed by atoms with Crippen LogP contribution in [0.15, 0.2) is 24.5 Å². The Morgan fingerprint density at radius 3 is 2.56 bits per heavy atom. The molecule has 1 aromatic heterocycles. The average Bonchev–Trinajstić information content (AvgIpc) is 2.81. The van der Waals surface area contributed by atoms with Gasteiger partial charge in [0.2, 0.25) is 17.6 Å².